The third-order valence-corrected chi connectivity index (χ3v) is 5.79. The van der Waals surface area contributed by atoms with Crippen molar-refractivity contribution in [2.75, 3.05) is 13.2 Å². The van der Waals surface area contributed by atoms with E-state index in [-0.39, 0.29) is 25.0 Å². The summed E-state index contributed by atoms with van der Waals surface area (Å²) in [6.07, 6.45) is 0.0602. The smallest absolute Gasteiger partial charge is 0.410 e. The number of carbonyl (C=O) groups excluding carboxylic acids is 1. The number of H-pyrrole nitrogens is 1. The molecule has 0 spiro atoms. The summed E-state index contributed by atoms with van der Waals surface area (Å²) in [6.45, 7) is 1.13. The fraction of sp³-hybridized carbons (Fsp3) is 0.261. The van der Waals surface area contributed by atoms with E-state index in [9.17, 15) is 9.59 Å². The van der Waals surface area contributed by atoms with E-state index in [1.54, 1.807) is 4.90 Å². The molecule has 0 saturated heterocycles. The molecule has 2 N–H and O–H groups in total. The number of rotatable bonds is 4. The number of aromatic nitrogens is 2. The van der Waals surface area contributed by atoms with Crippen molar-refractivity contribution in [3.8, 4) is 11.1 Å². The number of nitrogens with one attached hydrogen (secondary N) is 1. The Bertz CT molecular complexity index is 1090. The van der Waals surface area contributed by atoms with E-state index >= 15 is 0 Å². The van der Waals surface area contributed by atoms with Crippen LogP contribution in [0.2, 0.25) is 0 Å². The number of carbonyl (C=O) groups is 2. The van der Waals surface area contributed by atoms with E-state index < -0.39 is 5.97 Å². The maximum Gasteiger partial charge on any atom is 0.410 e. The maximum absolute atomic E-state index is 12.7. The SMILES string of the molecule is O=C(O)Cc1nc2c([nH]1)CN(C(=O)OCC1c3ccccc3-c3ccccc31)CC2. The normalized spacial score (nSPS) is 14.7. The molecule has 1 aliphatic carbocycles. The van der Waals surface area contributed by atoms with Crippen molar-refractivity contribution in [2.24, 2.45) is 0 Å². The van der Waals surface area contributed by atoms with Crippen LogP contribution < -0.4 is 0 Å². The van der Waals surface area contributed by atoms with Gasteiger partial charge in [0.1, 0.15) is 18.9 Å². The molecule has 7 heteroatoms. The van der Waals surface area contributed by atoms with Crippen molar-refractivity contribution >= 4 is 12.1 Å². The summed E-state index contributed by atoms with van der Waals surface area (Å²) in [4.78, 5) is 32.6. The predicted molar refractivity (Wildman–Crippen MR) is 109 cm³/mol. The zero-order valence-electron chi connectivity index (χ0n) is 16.3. The molecule has 0 radical (unpaired) electrons. The van der Waals surface area contributed by atoms with Crippen LogP contribution in [-0.4, -0.2) is 45.2 Å². The standard InChI is InChI=1S/C23H21N3O4/c27-22(28)11-21-24-19-9-10-26(12-20(19)25-21)23(29)30-13-18-16-7-3-1-5-14(16)15-6-2-4-8-17(15)18/h1-8,18H,9-13H2,(H,24,25)(H,27,28). The quantitative estimate of drug-likeness (QED) is 0.697. The summed E-state index contributed by atoms with van der Waals surface area (Å²) < 4.78 is 5.72. The monoisotopic (exact) mass is 403 g/mol. The second-order valence-electron chi connectivity index (χ2n) is 7.65. The summed E-state index contributed by atoms with van der Waals surface area (Å²) in [5, 5.41) is 8.94. The Morgan fingerprint density at radius 3 is 2.43 bits per heavy atom. The summed E-state index contributed by atoms with van der Waals surface area (Å²) in [6, 6.07) is 16.5. The number of benzene rings is 2. The summed E-state index contributed by atoms with van der Waals surface area (Å²) in [7, 11) is 0. The van der Waals surface area contributed by atoms with Crippen molar-refractivity contribution in [1.29, 1.82) is 0 Å². The highest BCUT2D eigenvalue weighted by atomic mass is 16.6. The number of ether oxygens (including phenoxy) is 1. The highest BCUT2D eigenvalue weighted by Crippen LogP contribution is 2.44. The Labute approximate surface area is 173 Å². The molecule has 1 aliphatic heterocycles. The molecule has 2 aliphatic rings. The van der Waals surface area contributed by atoms with Crippen molar-refractivity contribution < 1.29 is 19.4 Å². The van der Waals surface area contributed by atoms with Crippen LogP contribution in [0, 0.1) is 0 Å². The molecule has 1 amide bonds. The third kappa shape index (κ3) is 3.22. The number of amides is 1. The fourth-order valence-electron chi connectivity index (χ4n) is 4.42. The minimum Gasteiger partial charge on any atom is -0.481 e. The van der Waals surface area contributed by atoms with Gasteiger partial charge in [0, 0.05) is 18.9 Å². The van der Waals surface area contributed by atoms with Gasteiger partial charge in [-0.15, -0.1) is 0 Å². The van der Waals surface area contributed by atoms with Gasteiger partial charge in [0.05, 0.1) is 17.9 Å². The summed E-state index contributed by atoms with van der Waals surface area (Å²) in [5.41, 5.74) is 6.36. The Hall–Kier alpha value is -3.61. The Morgan fingerprint density at radius 1 is 1.10 bits per heavy atom. The average Bonchev–Trinajstić information content (AvgIpc) is 3.29. The second kappa shape index (κ2) is 7.33. The maximum atomic E-state index is 12.7. The van der Waals surface area contributed by atoms with Crippen LogP contribution >= 0.6 is 0 Å². The predicted octanol–water partition coefficient (Wildman–Crippen LogP) is 3.34. The van der Waals surface area contributed by atoms with Gasteiger partial charge in [0.15, 0.2) is 0 Å². The number of hydrogen-bond acceptors (Lipinski definition) is 4. The molecule has 3 aromatic rings. The van der Waals surface area contributed by atoms with Crippen LogP contribution in [0.3, 0.4) is 0 Å². The molecule has 2 aromatic carbocycles. The minimum atomic E-state index is -0.936. The number of imidazole rings is 1. The molecule has 5 rings (SSSR count). The second-order valence-corrected chi connectivity index (χ2v) is 7.65. The Balaban J connectivity index is 1.28. The topological polar surface area (TPSA) is 95.5 Å². The number of fused-ring (bicyclic) bond motifs is 4. The zero-order chi connectivity index (χ0) is 20.7. The van der Waals surface area contributed by atoms with Gasteiger partial charge in [-0.3, -0.25) is 4.79 Å². The van der Waals surface area contributed by atoms with E-state index in [2.05, 4.69) is 34.2 Å². The van der Waals surface area contributed by atoms with Crippen LogP contribution in [0.25, 0.3) is 11.1 Å². The van der Waals surface area contributed by atoms with Gasteiger partial charge in [-0.25, -0.2) is 9.78 Å². The van der Waals surface area contributed by atoms with Crippen LogP contribution in [-0.2, 0) is 28.9 Å². The number of aromatic amines is 1. The number of carboxylic acids is 1. The molecular weight excluding hydrogens is 382 g/mol. The lowest BCUT2D eigenvalue weighted by Crippen LogP contribution is -2.37. The van der Waals surface area contributed by atoms with Crippen molar-refractivity contribution in [3.63, 3.8) is 0 Å². The van der Waals surface area contributed by atoms with Crippen molar-refractivity contribution in [3.05, 3.63) is 76.9 Å². The van der Waals surface area contributed by atoms with E-state index in [0.29, 0.717) is 25.3 Å². The first-order valence-electron chi connectivity index (χ1n) is 9.98. The van der Waals surface area contributed by atoms with E-state index in [0.717, 1.165) is 11.4 Å². The van der Waals surface area contributed by atoms with E-state index in [1.165, 1.54) is 22.3 Å². The minimum absolute atomic E-state index is 0.0241. The van der Waals surface area contributed by atoms with Gasteiger partial charge < -0.3 is 19.7 Å². The van der Waals surface area contributed by atoms with Gasteiger partial charge in [-0.2, -0.15) is 0 Å². The van der Waals surface area contributed by atoms with E-state index in [1.807, 2.05) is 24.3 Å². The average molecular weight is 403 g/mol. The Kier molecular flexibility index (Phi) is 4.50. The largest absolute Gasteiger partial charge is 0.481 e. The van der Waals surface area contributed by atoms with Crippen LogP contribution in [0.15, 0.2) is 48.5 Å². The fourth-order valence-corrected chi connectivity index (χ4v) is 4.42. The molecule has 1 aromatic heterocycles. The number of hydrogen-bond donors (Lipinski definition) is 2. The van der Waals surface area contributed by atoms with Gasteiger partial charge in [-0.1, -0.05) is 48.5 Å². The molecule has 2 heterocycles. The van der Waals surface area contributed by atoms with E-state index in [4.69, 9.17) is 9.84 Å². The van der Waals surface area contributed by atoms with Crippen molar-refractivity contribution in [2.45, 2.75) is 25.3 Å². The molecule has 0 fully saturated rings. The summed E-state index contributed by atoms with van der Waals surface area (Å²) >= 11 is 0. The molecule has 7 nitrogen and oxygen atoms in total. The lowest BCUT2D eigenvalue weighted by molar-refractivity contribution is -0.136. The first-order chi connectivity index (χ1) is 14.6. The molecule has 30 heavy (non-hydrogen) atoms. The number of carboxylic acid groups (broad SMARTS) is 1. The van der Waals surface area contributed by atoms with Gasteiger partial charge in [0.25, 0.3) is 0 Å². The lowest BCUT2D eigenvalue weighted by Gasteiger charge is -2.26. The molecule has 0 bridgehead atoms. The highest BCUT2D eigenvalue weighted by Gasteiger charge is 2.31. The summed E-state index contributed by atoms with van der Waals surface area (Å²) in [5.74, 6) is -0.493. The van der Waals surface area contributed by atoms with Crippen molar-refractivity contribution in [1.82, 2.24) is 14.9 Å². The molecule has 0 unspecified atom stereocenters. The van der Waals surface area contributed by atoms with Crippen LogP contribution in [0.1, 0.15) is 34.3 Å². The van der Waals surface area contributed by atoms with Gasteiger partial charge in [0.2, 0.25) is 0 Å². The first kappa shape index (κ1) is 18.4. The van der Waals surface area contributed by atoms with Crippen LogP contribution in [0.4, 0.5) is 4.79 Å². The number of nitrogens with zero attached hydrogens (tertiary/aromatic N) is 2. The van der Waals surface area contributed by atoms with Gasteiger partial charge >= 0.3 is 12.1 Å². The zero-order valence-corrected chi connectivity index (χ0v) is 16.3. The lowest BCUT2D eigenvalue weighted by atomic mass is 9.98. The molecule has 0 atom stereocenters. The Morgan fingerprint density at radius 2 is 1.77 bits per heavy atom. The first-order valence-corrected chi connectivity index (χ1v) is 9.98. The molecule has 0 saturated carbocycles. The third-order valence-electron chi connectivity index (χ3n) is 5.79. The molecule has 152 valence electrons. The van der Waals surface area contributed by atoms with Gasteiger partial charge in [-0.05, 0) is 22.3 Å². The highest BCUT2D eigenvalue weighted by molar-refractivity contribution is 5.79. The number of aliphatic carboxylic acids is 1. The van der Waals surface area contributed by atoms with Crippen LogP contribution in [0.5, 0.6) is 0 Å². The molecular formula is C23H21N3O4.